The number of methoxy groups -OCH3 is 1. The minimum atomic E-state index is -0.521. The van der Waals surface area contributed by atoms with Crippen molar-refractivity contribution in [2.45, 2.75) is 32.5 Å². The molecule has 1 saturated heterocycles. The molecule has 1 aromatic carbocycles. The van der Waals surface area contributed by atoms with Gasteiger partial charge in [0.05, 0.1) is 25.8 Å². The molecule has 1 fully saturated rings. The Hall–Kier alpha value is -2.08. The van der Waals surface area contributed by atoms with E-state index in [1.807, 2.05) is 32.9 Å². The van der Waals surface area contributed by atoms with Crippen LogP contribution in [0, 0.1) is 0 Å². The predicted octanol–water partition coefficient (Wildman–Crippen LogP) is 2.78. The van der Waals surface area contributed by atoms with Gasteiger partial charge < -0.3 is 19.1 Å². The normalized spacial score (nSPS) is 18.4. The third-order valence-corrected chi connectivity index (χ3v) is 3.42. The molecular formula is C17H23NO5. The summed E-state index contributed by atoms with van der Waals surface area (Å²) in [5.41, 5.74) is 0.870. The van der Waals surface area contributed by atoms with Crippen molar-refractivity contribution < 1.29 is 23.8 Å². The average Bonchev–Trinajstić information content (AvgIpc) is 2.53. The van der Waals surface area contributed by atoms with Crippen molar-refractivity contribution in [3.63, 3.8) is 0 Å². The second-order valence-electron chi connectivity index (χ2n) is 6.40. The Labute approximate surface area is 136 Å². The number of morpholine rings is 1. The molecule has 0 saturated carbocycles. The van der Waals surface area contributed by atoms with E-state index < -0.39 is 5.60 Å². The number of hydrogen-bond acceptors (Lipinski definition) is 5. The van der Waals surface area contributed by atoms with Gasteiger partial charge in [0.2, 0.25) is 0 Å². The molecule has 1 heterocycles. The van der Waals surface area contributed by atoms with E-state index in [0.29, 0.717) is 25.3 Å². The molecule has 1 amide bonds. The van der Waals surface area contributed by atoms with Crippen LogP contribution in [-0.2, 0) is 14.2 Å². The molecule has 2 rings (SSSR count). The standard InChI is InChI=1S/C17H23NO5/c1-17(2,3)23-16(20)18-9-10-22-14(11-18)12-5-7-13(8-6-12)15(19)21-4/h5-8,14H,9-11H2,1-4H3/t14-/m1/s1. The topological polar surface area (TPSA) is 65.1 Å². The first-order chi connectivity index (χ1) is 10.8. The molecule has 0 unspecified atom stereocenters. The Balaban J connectivity index is 2.03. The SMILES string of the molecule is COC(=O)c1ccc([C@H]2CN(C(=O)OC(C)(C)C)CCO2)cc1. The summed E-state index contributed by atoms with van der Waals surface area (Å²) in [4.78, 5) is 25.3. The third kappa shape index (κ3) is 4.69. The highest BCUT2D eigenvalue weighted by Crippen LogP contribution is 2.24. The number of benzene rings is 1. The molecular weight excluding hydrogens is 298 g/mol. The summed E-state index contributed by atoms with van der Waals surface area (Å²) in [6, 6.07) is 7.01. The van der Waals surface area contributed by atoms with Gasteiger partial charge in [0.1, 0.15) is 11.7 Å². The number of rotatable bonds is 2. The number of hydrogen-bond donors (Lipinski definition) is 0. The van der Waals surface area contributed by atoms with Gasteiger partial charge in [-0.25, -0.2) is 9.59 Å². The van der Waals surface area contributed by atoms with E-state index in [2.05, 4.69) is 4.74 Å². The summed E-state index contributed by atoms with van der Waals surface area (Å²) in [5.74, 6) is -0.378. The summed E-state index contributed by atoms with van der Waals surface area (Å²) in [5, 5.41) is 0. The monoisotopic (exact) mass is 321 g/mol. The van der Waals surface area contributed by atoms with Gasteiger partial charge in [0.25, 0.3) is 0 Å². The lowest BCUT2D eigenvalue weighted by molar-refractivity contribution is -0.0432. The number of esters is 1. The summed E-state index contributed by atoms with van der Waals surface area (Å²) >= 11 is 0. The Morgan fingerprint density at radius 2 is 1.87 bits per heavy atom. The highest BCUT2D eigenvalue weighted by Gasteiger charge is 2.28. The zero-order valence-corrected chi connectivity index (χ0v) is 14.0. The number of carbonyl (C=O) groups is 2. The number of carbonyl (C=O) groups excluding carboxylic acids is 2. The molecule has 0 radical (unpaired) electrons. The maximum Gasteiger partial charge on any atom is 0.410 e. The second-order valence-corrected chi connectivity index (χ2v) is 6.40. The third-order valence-electron chi connectivity index (χ3n) is 3.42. The zero-order valence-electron chi connectivity index (χ0n) is 14.0. The van der Waals surface area contributed by atoms with Crippen LogP contribution in [0.3, 0.4) is 0 Å². The second kappa shape index (κ2) is 7.00. The van der Waals surface area contributed by atoms with Gasteiger partial charge in [-0.05, 0) is 38.5 Å². The zero-order chi connectivity index (χ0) is 17.0. The first kappa shape index (κ1) is 17.3. The lowest BCUT2D eigenvalue weighted by Gasteiger charge is -2.34. The van der Waals surface area contributed by atoms with Gasteiger partial charge in [0.15, 0.2) is 0 Å². The van der Waals surface area contributed by atoms with E-state index in [0.717, 1.165) is 5.56 Å². The molecule has 0 aromatic heterocycles. The largest absolute Gasteiger partial charge is 0.465 e. The van der Waals surface area contributed by atoms with Crippen LogP contribution in [0.4, 0.5) is 4.79 Å². The molecule has 1 aliphatic heterocycles. The van der Waals surface area contributed by atoms with Crippen LogP contribution in [0.25, 0.3) is 0 Å². The Kier molecular flexibility index (Phi) is 5.26. The van der Waals surface area contributed by atoms with Gasteiger partial charge in [-0.1, -0.05) is 12.1 Å². The van der Waals surface area contributed by atoms with Gasteiger partial charge in [-0.3, -0.25) is 0 Å². The number of amides is 1. The molecule has 1 aromatic rings. The number of ether oxygens (including phenoxy) is 3. The quantitative estimate of drug-likeness (QED) is 0.784. The molecule has 126 valence electrons. The first-order valence-corrected chi connectivity index (χ1v) is 7.58. The Morgan fingerprint density at radius 3 is 2.43 bits per heavy atom. The molecule has 6 nitrogen and oxygen atoms in total. The fraction of sp³-hybridized carbons (Fsp3) is 0.529. The maximum absolute atomic E-state index is 12.2. The molecule has 0 N–H and O–H groups in total. The Morgan fingerprint density at radius 1 is 1.22 bits per heavy atom. The van der Waals surface area contributed by atoms with E-state index >= 15 is 0 Å². The van der Waals surface area contributed by atoms with E-state index in [-0.39, 0.29) is 18.2 Å². The summed E-state index contributed by atoms with van der Waals surface area (Å²) in [6.07, 6.45) is -0.569. The van der Waals surface area contributed by atoms with Crippen LogP contribution < -0.4 is 0 Å². The van der Waals surface area contributed by atoms with Gasteiger partial charge >= 0.3 is 12.1 Å². The van der Waals surface area contributed by atoms with Crippen molar-refractivity contribution >= 4 is 12.1 Å². The van der Waals surface area contributed by atoms with E-state index in [9.17, 15) is 9.59 Å². The Bertz CT molecular complexity index is 561. The van der Waals surface area contributed by atoms with Crippen LogP contribution in [0.2, 0.25) is 0 Å². The van der Waals surface area contributed by atoms with Crippen molar-refractivity contribution in [3.05, 3.63) is 35.4 Å². The summed E-state index contributed by atoms with van der Waals surface area (Å²) < 4.78 is 15.8. The van der Waals surface area contributed by atoms with Crippen LogP contribution in [0.1, 0.15) is 42.8 Å². The predicted molar refractivity (Wildman–Crippen MR) is 84.3 cm³/mol. The minimum absolute atomic E-state index is 0.233. The molecule has 0 aliphatic carbocycles. The van der Waals surface area contributed by atoms with Crippen LogP contribution in [0.15, 0.2) is 24.3 Å². The van der Waals surface area contributed by atoms with Crippen molar-refractivity contribution in [1.29, 1.82) is 0 Å². The van der Waals surface area contributed by atoms with Gasteiger partial charge in [0, 0.05) is 6.54 Å². The molecule has 0 spiro atoms. The van der Waals surface area contributed by atoms with Crippen molar-refractivity contribution in [1.82, 2.24) is 4.90 Å². The van der Waals surface area contributed by atoms with Crippen molar-refractivity contribution in [2.75, 3.05) is 26.8 Å². The summed E-state index contributed by atoms with van der Waals surface area (Å²) in [6.45, 7) is 6.90. The minimum Gasteiger partial charge on any atom is -0.465 e. The van der Waals surface area contributed by atoms with E-state index in [1.165, 1.54) is 7.11 Å². The van der Waals surface area contributed by atoms with Crippen LogP contribution in [-0.4, -0.2) is 49.4 Å². The number of nitrogens with zero attached hydrogens (tertiary/aromatic N) is 1. The smallest absolute Gasteiger partial charge is 0.410 e. The molecule has 1 atom stereocenters. The summed E-state index contributed by atoms with van der Waals surface area (Å²) in [7, 11) is 1.35. The lowest BCUT2D eigenvalue weighted by Crippen LogP contribution is -2.44. The highest BCUT2D eigenvalue weighted by molar-refractivity contribution is 5.89. The molecule has 23 heavy (non-hydrogen) atoms. The highest BCUT2D eigenvalue weighted by atomic mass is 16.6. The van der Waals surface area contributed by atoms with E-state index in [4.69, 9.17) is 9.47 Å². The average molecular weight is 321 g/mol. The van der Waals surface area contributed by atoms with E-state index in [1.54, 1.807) is 17.0 Å². The van der Waals surface area contributed by atoms with Gasteiger partial charge in [-0.15, -0.1) is 0 Å². The maximum atomic E-state index is 12.2. The van der Waals surface area contributed by atoms with Crippen LogP contribution >= 0.6 is 0 Å². The molecule has 0 bridgehead atoms. The van der Waals surface area contributed by atoms with Crippen LogP contribution in [0.5, 0.6) is 0 Å². The van der Waals surface area contributed by atoms with Gasteiger partial charge in [-0.2, -0.15) is 0 Å². The first-order valence-electron chi connectivity index (χ1n) is 7.58. The fourth-order valence-corrected chi connectivity index (χ4v) is 2.29. The fourth-order valence-electron chi connectivity index (χ4n) is 2.29. The molecule has 1 aliphatic rings. The lowest BCUT2D eigenvalue weighted by atomic mass is 10.1. The van der Waals surface area contributed by atoms with Crippen molar-refractivity contribution in [3.8, 4) is 0 Å². The van der Waals surface area contributed by atoms with Crippen molar-refractivity contribution in [2.24, 2.45) is 0 Å². The molecule has 6 heteroatoms.